The van der Waals surface area contributed by atoms with Crippen molar-refractivity contribution in [3.63, 3.8) is 0 Å². The molecule has 0 saturated carbocycles. The molecule has 2 heterocycles. The number of fused-ring (bicyclic) bond motifs is 1. The maximum absolute atomic E-state index is 13.6. The van der Waals surface area contributed by atoms with Gasteiger partial charge in [-0.3, -0.25) is 0 Å². The number of methoxy groups -OCH3 is 1. The number of phenols is 1. The zero-order chi connectivity index (χ0) is 30.3. The van der Waals surface area contributed by atoms with Gasteiger partial charge in [-0.1, -0.05) is 38.1 Å². The predicted octanol–water partition coefficient (Wildman–Crippen LogP) is 3.06. The Morgan fingerprint density at radius 1 is 1.10 bits per heavy atom. The van der Waals surface area contributed by atoms with Gasteiger partial charge in [-0.25, -0.2) is 13.2 Å². The van der Waals surface area contributed by atoms with Gasteiger partial charge in [0.05, 0.1) is 43.3 Å². The molecule has 0 unspecified atom stereocenters. The molecule has 0 bridgehead atoms. The summed E-state index contributed by atoms with van der Waals surface area (Å²) in [5.74, 6) is 0.302. The van der Waals surface area contributed by atoms with Gasteiger partial charge in [0.2, 0.25) is 10.0 Å². The largest absolute Gasteiger partial charge is 0.508 e. The minimum absolute atomic E-state index is 0.0381. The molecule has 11 nitrogen and oxygen atoms in total. The van der Waals surface area contributed by atoms with E-state index in [1.54, 1.807) is 24.3 Å². The van der Waals surface area contributed by atoms with Crippen molar-refractivity contribution in [2.24, 2.45) is 11.8 Å². The third-order valence-corrected chi connectivity index (χ3v) is 9.01. The number of aliphatic hydroxyl groups is 1. The van der Waals surface area contributed by atoms with Gasteiger partial charge in [-0.15, -0.1) is 0 Å². The summed E-state index contributed by atoms with van der Waals surface area (Å²) in [7, 11) is -2.49. The highest BCUT2D eigenvalue weighted by Gasteiger charge is 2.40. The molecule has 2 aliphatic heterocycles. The van der Waals surface area contributed by atoms with E-state index in [1.165, 1.54) is 35.7 Å². The van der Waals surface area contributed by atoms with Crippen LogP contribution >= 0.6 is 0 Å². The summed E-state index contributed by atoms with van der Waals surface area (Å²) in [6, 6.07) is 11.5. The Hall–Kier alpha value is -3.16. The summed E-state index contributed by atoms with van der Waals surface area (Å²) in [5.41, 5.74) is 0.718. The Morgan fingerprint density at radius 3 is 2.48 bits per heavy atom. The fraction of sp³-hybridized carbons (Fsp3) is 0.500. The second-order valence-electron chi connectivity index (χ2n) is 10.9. The zero-order valence-electron chi connectivity index (χ0n) is 24.1. The molecular formula is C30H40N2O9S. The van der Waals surface area contributed by atoms with Crippen LogP contribution < -0.4 is 10.1 Å². The summed E-state index contributed by atoms with van der Waals surface area (Å²) in [6.07, 6.45) is 1.66. The molecule has 0 radical (unpaired) electrons. The number of amides is 1. The Balaban J connectivity index is 1.52. The molecule has 2 aliphatic rings. The molecule has 1 fully saturated rings. The normalized spacial score (nSPS) is 21.9. The van der Waals surface area contributed by atoms with E-state index in [4.69, 9.17) is 18.9 Å². The highest BCUT2D eigenvalue weighted by Crippen LogP contribution is 2.29. The molecule has 1 amide bonds. The van der Waals surface area contributed by atoms with E-state index >= 15 is 0 Å². The fourth-order valence-corrected chi connectivity index (χ4v) is 6.60. The number of rotatable bonds is 12. The molecule has 3 N–H and O–H groups in total. The number of hydrogen-bond acceptors (Lipinski definition) is 9. The summed E-state index contributed by atoms with van der Waals surface area (Å²) in [6.45, 7) is 4.33. The van der Waals surface area contributed by atoms with Crippen molar-refractivity contribution < 1.29 is 42.4 Å². The average molecular weight is 605 g/mol. The lowest BCUT2D eigenvalue weighted by Crippen LogP contribution is -2.51. The number of carbonyl (C=O) groups excluding carboxylic acids is 1. The van der Waals surface area contributed by atoms with Crippen molar-refractivity contribution in [2.45, 2.75) is 56.1 Å². The number of nitrogens with zero attached hydrogens (tertiary/aromatic N) is 1. The number of aliphatic hydroxyl groups excluding tert-OH is 1. The standard InChI is InChI=1S/C30H40N2O9S/c1-20(2)17-32(42(36,37)24-13-11-23(38-3)12-14-24)18-27(34)26(16-21-7-9-22(33)10-8-21)31-30(35)41-28-19-40-29-25(28)6-4-5-15-39-29/h4,6-14,20,25-29,33-34H,5,15-19H2,1-3H3,(H,31,35)/t25-,26-,27+,28-,29+/m0/s1. The van der Waals surface area contributed by atoms with E-state index < -0.39 is 40.7 Å². The minimum atomic E-state index is -3.99. The smallest absolute Gasteiger partial charge is 0.407 e. The van der Waals surface area contributed by atoms with E-state index in [-0.39, 0.29) is 48.6 Å². The van der Waals surface area contributed by atoms with Gasteiger partial charge in [0, 0.05) is 13.1 Å². The Labute approximate surface area is 247 Å². The van der Waals surface area contributed by atoms with Crippen molar-refractivity contribution in [1.82, 2.24) is 9.62 Å². The molecule has 2 aromatic rings. The number of ether oxygens (including phenoxy) is 4. The minimum Gasteiger partial charge on any atom is -0.508 e. The lowest BCUT2D eigenvalue weighted by atomic mass is 10.0. The second kappa shape index (κ2) is 14.3. The van der Waals surface area contributed by atoms with E-state index in [0.717, 1.165) is 12.0 Å². The van der Waals surface area contributed by atoms with Crippen LogP contribution in [0.15, 0.2) is 65.6 Å². The van der Waals surface area contributed by atoms with Crippen LogP contribution in [0, 0.1) is 11.8 Å². The summed E-state index contributed by atoms with van der Waals surface area (Å²) < 4.78 is 50.7. The van der Waals surface area contributed by atoms with Crippen LogP contribution in [0.4, 0.5) is 4.79 Å². The van der Waals surface area contributed by atoms with Crippen LogP contribution in [-0.4, -0.2) is 87.0 Å². The third kappa shape index (κ3) is 8.23. The van der Waals surface area contributed by atoms with Crippen LogP contribution in [0.1, 0.15) is 25.8 Å². The van der Waals surface area contributed by atoms with Gasteiger partial charge >= 0.3 is 6.09 Å². The number of carbonyl (C=O) groups is 1. The molecule has 42 heavy (non-hydrogen) atoms. The van der Waals surface area contributed by atoms with E-state index in [0.29, 0.717) is 12.4 Å². The first-order valence-electron chi connectivity index (χ1n) is 14.0. The van der Waals surface area contributed by atoms with Crippen LogP contribution in [-0.2, 0) is 30.7 Å². The maximum Gasteiger partial charge on any atom is 0.407 e. The number of nitrogens with one attached hydrogen (secondary N) is 1. The molecule has 230 valence electrons. The van der Waals surface area contributed by atoms with Crippen molar-refractivity contribution in [3.8, 4) is 11.5 Å². The van der Waals surface area contributed by atoms with Crippen molar-refractivity contribution in [3.05, 3.63) is 66.2 Å². The topological polar surface area (TPSA) is 144 Å². The monoisotopic (exact) mass is 604 g/mol. The van der Waals surface area contributed by atoms with Crippen LogP contribution in [0.25, 0.3) is 0 Å². The van der Waals surface area contributed by atoms with Gasteiger partial charge in [0.25, 0.3) is 0 Å². The first kappa shape index (κ1) is 31.8. The lowest BCUT2D eigenvalue weighted by Gasteiger charge is -2.31. The van der Waals surface area contributed by atoms with Crippen LogP contribution in [0.2, 0.25) is 0 Å². The number of benzene rings is 2. The van der Waals surface area contributed by atoms with Crippen molar-refractivity contribution in [1.29, 1.82) is 0 Å². The number of hydrogen-bond donors (Lipinski definition) is 3. The molecule has 0 spiro atoms. The first-order valence-corrected chi connectivity index (χ1v) is 15.5. The number of aromatic hydroxyl groups is 1. The van der Waals surface area contributed by atoms with E-state index in [1.807, 2.05) is 26.0 Å². The first-order chi connectivity index (χ1) is 20.1. The molecule has 12 heteroatoms. The van der Waals surface area contributed by atoms with E-state index in [9.17, 15) is 23.4 Å². The van der Waals surface area contributed by atoms with Gasteiger partial charge in [-0.05, 0) is 60.7 Å². The molecule has 0 aromatic heterocycles. The maximum atomic E-state index is 13.6. The highest BCUT2D eigenvalue weighted by atomic mass is 32.2. The summed E-state index contributed by atoms with van der Waals surface area (Å²) in [4.78, 5) is 13.2. The number of alkyl carbamates (subject to hydrolysis) is 1. The molecule has 1 saturated heterocycles. The van der Waals surface area contributed by atoms with Gasteiger partial charge in [0.15, 0.2) is 6.29 Å². The zero-order valence-corrected chi connectivity index (χ0v) is 24.9. The van der Waals surface area contributed by atoms with Crippen molar-refractivity contribution >= 4 is 16.1 Å². The molecule has 0 aliphatic carbocycles. The van der Waals surface area contributed by atoms with Crippen molar-refractivity contribution in [2.75, 3.05) is 33.4 Å². The second-order valence-corrected chi connectivity index (χ2v) is 12.8. The number of phenolic OH excluding ortho intramolecular Hbond substituents is 1. The van der Waals surface area contributed by atoms with Gasteiger partial charge < -0.3 is 34.5 Å². The molecular weight excluding hydrogens is 564 g/mol. The molecule has 5 atom stereocenters. The Kier molecular flexibility index (Phi) is 10.8. The summed E-state index contributed by atoms with van der Waals surface area (Å²) in [5, 5.41) is 23.9. The Bertz CT molecular complexity index is 1300. The van der Waals surface area contributed by atoms with Gasteiger partial charge in [-0.2, -0.15) is 4.31 Å². The fourth-order valence-electron chi connectivity index (χ4n) is 4.98. The molecule has 2 aromatic carbocycles. The quantitative estimate of drug-likeness (QED) is 0.312. The third-order valence-electron chi connectivity index (χ3n) is 7.17. The van der Waals surface area contributed by atoms with Crippen LogP contribution in [0.5, 0.6) is 11.5 Å². The molecule has 4 rings (SSSR count). The lowest BCUT2D eigenvalue weighted by molar-refractivity contribution is -0.120. The average Bonchev–Trinajstić information content (AvgIpc) is 3.17. The SMILES string of the molecule is COc1ccc(S(=O)(=O)N(CC(C)C)C[C@@H](O)[C@H](Cc2ccc(O)cc2)NC(=O)O[C@H]2CO[C@H]3OCCC=C[C@H]32)cc1. The van der Waals surface area contributed by atoms with Crippen LogP contribution in [0.3, 0.4) is 0 Å². The Morgan fingerprint density at radius 2 is 1.81 bits per heavy atom. The predicted molar refractivity (Wildman–Crippen MR) is 155 cm³/mol. The summed E-state index contributed by atoms with van der Waals surface area (Å²) >= 11 is 0. The highest BCUT2D eigenvalue weighted by molar-refractivity contribution is 7.89. The van der Waals surface area contributed by atoms with Gasteiger partial charge in [0.1, 0.15) is 17.6 Å². The van der Waals surface area contributed by atoms with E-state index in [2.05, 4.69) is 5.32 Å². The number of sulfonamides is 1.